The number of thioether (sulfide) groups is 1. The van der Waals surface area contributed by atoms with E-state index in [-0.39, 0.29) is 11.4 Å². The maximum atomic E-state index is 13.8. The molecule has 0 bridgehead atoms. The fourth-order valence-corrected chi connectivity index (χ4v) is 4.56. The van der Waals surface area contributed by atoms with Gasteiger partial charge in [0.05, 0.1) is 11.4 Å². The van der Waals surface area contributed by atoms with Gasteiger partial charge in [-0.1, -0.05) is 23.9 Å². The first-order chi connectivity index (χ1) is 15.9. The highest BCUT2D eigenvalue weighted by Gasteiger charge is 2.22. The second kappa shape index (κ2) is 10.2. The molecular weight excluding hydrogens is 444 g/mol. The number of carbonyl (C=O) groups is 1. The number of nitrogens with zero attached hydrogens (tertiary/aromatic N) is 4. The molecule has 1 N–H and O–H groups in total. The highest BCUT2D eigenvalue weighted by Crippen LogP contribution is 2.29. The normalized spacial score (nSPS) is 13.8. The largest absolute Gasteiger partial charge is 0.368 e. The molecular formula is C24H25F2N5OS. The fourth-order valence-electron chi connectivity index (χ4n) is 3.77. The van der Waals surface area contributed by atoms with E-state index >= 15 is 0 Å². The summed E-state index contributed by atoms with van der Waals surface area (Å²) in [7, 11) is 0. The Balaban J connectivity index is 1.38. The van der Waals surface area contributed by atoms with Crippen molar-refractivity contribution in [2.75, 3.05) is 47.0 Å². The highest BCUT2D eigenvalue weighted by atomic mass is 32.2. The number of piperazine rings is 1. The molecule has 33 heavy (non-hydrogen) atoms. The van der Waals surface area contributed by atoms with E-state index in [1.54, 1.807) is 12.4 Å². The number of amides is 1. The Hall–Kier alpha value is -3.20. The summed E-state index contributed by atoms with van der Waals surface area (Å²) in [6.07, 6.45) is 3.22. The summed E-state index contributed by atoms with van der Waals surface area (Å²) in [4.78, 5) is 25.8. The molecule has 6 nitrogen and oxygen atoms in total. The van der Waals surface area contributed by atoms with Gasteiger partial charge < -0.3 is 15.1 Å². The molecule has 4 rings (SSSR count). The fraction of sp³-hybridized carbons (Fsp3) is 0.292. The van der Waals surface area contributed by atoms with Crippen LogP contribution >= 0.6 is 11.8 Å². The Kier molecular flexibility index (Phi) is 7.08. The average Bonchev–Trinajstić information content (AvgIpc) is 2.82. The minimum atomic E-state index is -0.684. The van der Waals surface area contributed by atoms with Gasteiger partial charge in [-0.2, -0.15) is 0 Å². The molecule has 1 aliphatic rings. The number of halogens is 2. The van der Waals surface area contributed by atoms with E-state index in [4.69, 9.17) is 0 Å². The lowest BCUT2D eigenvalue weighted by atomic mass is 10.1. The molecule has 1 aliphatic heterocycles. The number of hydrogen-bond donors (Lipinski definition) is 1. The minimum Gasteiger partial charge on any atom is -0.368 e. The zero-order chi connectivity index (χ0) is 23.4. The minimum absolute atomic E-state index is 0.00407. The van der Waals surface area contributed by atoms with Crippen LogP contribution in [0.4, 0.5) is 26.0 Å². The Morgan fingerprint density at radius 1 is 1.00 bits per heavy atom. The number of aromatic nitrogens is 2. The second-order valence-corrected chi connectivity index (χ2v) is 8.87. The average molecular weight is 470 g/mol. The number of rotatable bonds is 6. The van der Waals surface area contributed by atoms with E-state index in [1.807, 2.05) is 0 Å². The zero-order valence-corrected chi connectivity index (χ0v) is 19.3. The molecule has 0 atom stereocenters. The van der Waals surface area contributed by atoms with Crippen molar-refractivity contribution in [2.24, 2.45) is 0 Å². The third-order valence-electron chi connectivity index (χ3n) is 5.47. The summed E-state index contributed by atoms with van der Waals surface area (Å²) in [5.41, 5.74) is 3.57. The summed E-state index contributed by atoms with van der Waals surface area (Å²) in [5, 5.41) is 3.04. The predicted octanol–water partition coefficient (Wildman–Crippen LogP) is 4.43. The van der Waals surface area contributed by atoms with Gasteiger partial charge in [-0.05, 0) is 43.2 Å². The molecule has 172 valence electrons. The van der Waals surface area contributed by atoms with Crippen molar-refractivity contribution in [1.82, 2.24) is 9.97 Å². The van der Waals surface area contributed by atoms with Gasteiger partial charge in [0.2, 0.25) is 5.91 Å². The van der Waals surface area contributed by atoms with E-state index in [9.17, 15) is 13.6 Å². The van der Waals surface area contributed by atoms with Gasteiger partial charge in [0.15, 0.2) is 5.82 Å². The highest BCUT2D eigenvalue weighted by molar-refractivity contribution is 8.00. The number of hydrogen-bond acceptors (Lipinski definition) is 6. The Morgan fingerprint density at radius 3 is 2.52 bits per heavy atom. The Labute approximate surface area is 196 Å². The molecule has 9 heteroatoms. The number of anilines is 3. The molecule has 0 aliphatic carbocycles. The van der Waals surface area contributed by atoms with Crippen molar-refractivity contribution in [1.29, 1.82) is 0 Å². The van der Waals surface area contributed by atoms with Gasteiger partial charge in [0.25, 0.3) is 0 Å². The summed E-state index contributed by atoms with van der Waals surface area (Å²) < 4.78 is 27.1. The van der Waals surface area contributed by atoms with Crippen LogP contribution in [0.25, 0.3) is 0 Å². The molecule has 0 radical (unpaired) electrons. The summed E-state index contributed by atoms with van der Waals surface area (Å²) >= 11 is 1.22. The van der Waals surface area contributed by atoms with Gasteiger partial charge in [-0.15, -0.1) is 0 Å². The summed E-state index contributed by atoms with van der Waals surface area (Å²) in [6.45, 7) is 7.48. The lowest BCUT2D eigenvalue weighted by Crippen LogP contribution is -2.47. The molecule has 0 unspecified atom stereocenters. The van der Waals surface area contributed by atoms with Gasteiger partial charge in [-0.25, -0.2) is 18.7 Å². The van der Waals surface area contributed by atoms with Crippen LogP contribution in [0.15, 0.2) is 53.8 Å². The van der Waals surface area contributed by atoms with E-state index in [1.165, 1.54) is 28.6 Å². The van der Waals surface area contributed by atoms with Crippen molar-refractivity contribution >= 4 is 34.9 Å². The number of carbonyl (C=O) groups excluding carboxylic acids is 1. The molecule has 1 aromatic heterocycles. The lowest BCUT2D eigenvalue weighted by molar-refractivity contribution is -0.113. The van der Waals surface area contributed by atoms with Gasteiger partial charge >= 0.3 is 0 Å². The van der Waals surface area contributed by atoms with Crippen molar-refractivity contribution in [3.63, 3.8) is 0 Å². The van der Waals surface area contributed by atoms with E-state index in [0.717, 1.165) is 50.2 Å². The maximum absolute atomic E-state index is 13.8. The van der Waals surface area contributed by atoms with Crippen LogP contribution in [0.1, 0.15) is 11.1 Å². The third kappa shape index (κ3) is 5.60. The monoisotopic (exact) mass is 469 g/mol. The van der Waals surface area contributed by atoms with Gasteiger partial charge in [0, 0.05) is 50.3 Å². The quantitative estimate of drug-likeness (QED) is 0.539. The second-order valence-electron chi connectivity index (χ2n) is 7.91. The van der Waals surface area contributed by atoms with E-state index in [2.05, 4.69) is 57.1 Å². The van der Waals surface area contributed by atoms with Crippen molar-refractivity contribution in [3.05, 3.63) is 71.6 Å². The molecule has 2 aromatic carbocycles. The first-order valence-corrected chi connectivity index (χ1v) is 11.6. The standard InChI is InChI=1S/C24H25F2N5OS/c1-16-3-4-17(2)21(13-16)30-9-11-31(12-10-30)23-24(28-8-7-27-23)33-15-22(32)29-20-14-18(25)5-6-19(20)26/h3-8,13-14H,9-12,15H2,1-2H3,(H,29,32). The molecule has 2 heterocycles. The van der Waals surface area contributed by atoms with Crippen LogP contribution in [-0.4, -0.2) is 47.8 Å². The van der Waals surface area contributed by atoms with Gasteiger partial charge in [0.1, 0.15) is 16.7 Å². The molecule has 1 amide bonds. The molecule has 1 fully saturated rings. The summed E-state index contributed by atoms with van der Waals surface area (Å²) in [5.74, 6) is -1.01. The predicted molar refractivity (Wildman–Crippen MR) is 128 cm³/mol. The summed E-state index contributed by atoms with van der Waals surface area (Å²) in [6, 6.07) is 9.43. The van der Waals surface area contributed by atoms with Crippen molar-refractivity contribution in [3.8, 4) is 0 Å². The van der Waals surface area contributed by atoms with Gasteiger partial charge in [-0.3, -0.25) is 4.79 Å². The first kappa shape index (κ1) is 23.0. The number of nitrogens with one attached hydrogen (secondary N) is 1. The Morgan fingerprint density at radius 2 is 1.73 bits per heavy atom. The van der Waals surface area contributed by atoms with Crippen LogP contribution in [-0.2, 0) is 4.79 Å². The maximum Gasteiger partial charge on any atom is 0.234 e. The van der Waals surface area contributed by atoms with Crippen molar-refractivity contribution in [2.45, 2.75) is 18.9 Å². The van der Waals surface area contributed by atoms with Crippen molar-refractivity contribution < 1.29 is 13.6 Å². The van der Waals surface area contributed by atoms with Crippen LogP contribution in [0, 0.1) is 25.5 Å². The van der Waals surface area contributed by atoms with E-state index < -0.39 is 17.5 Å². The molecule has 1 saturated heterocycles. The molecule has 0 saturated carbocycles. The van der Waals surface area contributed by atoms with Crippen LogP contribution in [0.5, 0.6) is 0 Å². The van der Waals surface area contributed by atoms with E-state index in [0.29, 0.717) is 5.03 Å². The van der Waals surface area contributed by atoms with Crippen LogP contribution in [0.3, 0.4) is 0 Å². The number of aryl methyl sites for hydroxylation is 2. The number of benzene rings is 2. The lowest BCUT2D eigenvalue weighted by Gasteiger charge is -2.37. The zero-order valence-electron chi connectivity index (χ0n) is 18.5. The topological polar surface area (TPSA) is 61.4 Å². The molecule has 3 aromatic rings. The SMILES string of the molecule is Cc1ccc(C)c(N2CCN(c3nccnc3SCC(=O)Nc3cc(F)ccc3F)CC2)c1. The van der Waals surface area contributed by atoms with Crippen LogP contribution < -0.4 is 15.1 Å². The first-order valence-electron chi connectivity index (χ1n) is 10.7. The smallest absolute Gasteiger partial charge is 0.234 e. The third-order valence-corrected chi connectivity index (χ3v) is 6.44. The Bertz CT molecular complexity index is 1150. The van der Waals surface area contributed by atoms with Crippen LogP contribution in [0.2, 0.25) is 0 Å². The molecule has 0 spiro atoms.